The number of alkyl halides is 2. The van der Waals surface area contributed by atoms with Crippen LogP contribution in [0.15, 0.2) is 18.2 Å². The molecule has 8 heteroatoms. The van der Waals surface area contributed by atoms with Gasteiger partial charge in [-0.05, 0) is 36.5 Å². The van der Waals surface area contributed by atoms with Gasteiger partial charge in [0.05, 0.1) is 28.1 Å². The lowest BCUT2D eigenvalue weighted by Crippen LogP contribution is -2.37. The first kappa shape index (κ1) is 16.5. The molecule has 1 heterocycles. The monoisotopic (exact) mass is 475 g/mol. The predicted molar refractivity (Wildman–Crippen MR) is 94.9 cm³/mol. The van der Waals surface area contributed by atoms with Crippen molar-refractivity contribution in [3.63, 3.8) is 0 Å². The van der Waals surface area contributed by atoms with Gasteiger partial charge in [-0.3, -0.25) is 14.5 Å². The summed E-state index contributed by atoms with van der Waals surface area (Å²) < 4.78 is 0. The Labute approximate surface area is 159 Å². The van der Waals surface area contributed by atoms with Gasteiger partial charge in [0, 0.05) is 9.65 Å². The van der Waals surface area contributed by atoms with E-state index >= 15 is 0 Å². The fourth-order valence-corrected chi connectivity index (χ4v) is 6.49. The number of fused-ring (bicyclic) bond motifs is 5. The van der Waals surface area contributed by atoms with E-state index in [2.05, 4.69) is 31.9 Å². The minimum absolute atomic E-state index is 0.0756. The standard InChI is InChI=1S/C16H12Br2ClNO4/c17-12-7-4-8(13(12)18)11-10(7)14(21)20(15(11)22)5-1-2-9(19)6(3-5)16(23)24/h1-3,7-8,10-13H,4H2,(H,23,24)/t7-,8+,10-,11-,12+,13+/m0/s1. The Balaban J connectivity index is 1.74. The van der Waals surface area contributed by atoms with Crippen LogP contribution < -0.4 is 4.90 Å². The molecule has 126 valence electrons. The number of carbonyl (C=O) groups is 3. The predicted octanol–water partition coefficient (Wildman–Crippen LogP) is 3.32. The van der Waals surface area contributed by atoms with Gasteiger partial charge in [-0.15, -0.1) is 0 Å². The van der Waals surface area contributed by atoms with Gasteiger partial charge in [-0.2, -0.15) is 0 Å². The number of hydrogen-bond donors (Lipinski definition) is 1. The van der Waals surface area contributed by atoms with Crippen LogP contribution in [0.1, 0.15) is 16.8 Å². The number of rotatable bonds is 2. The molecular weight excluding hydrogens is 465 g/mol. The highest BCUT2D eigenvalue weighted by Gasteiger charge is 2.66. The molecule has 4 rings (SSSR count). The molecular formula is C16H12Br2ClNO4. The van der Waals surface area contributed by atoms with E-state index in [9.17, 15) is 19.5 Å². The van der Waals surface area contributed by atoms with E-state index in [-0.39, 0.29) is 61.4 Å². The average Bonchev–Trinajstić information content (AvgIpc) is 3.13. The van der Waals surface area contributed by atoms with Gasteiger partial charge in [-0.25, -0.2) is 4.79 Å². The number of anilines is 1. The number of aromatic carboxylic acids is 1. The molecule has 5 nitrogen and oxygen atoms in total. The van der Waals surface area contributed by atoms with Crippen molar-refractivity contribution in [3.8, 4) is 0 Å². The molecule has 3 fully saturated rings. The summed E-state index contributed by atoms with van der Waals surface area (Å²) in [7, 11) is 0. The summed E-state index contributed by atoms with van der Waals surface area (Å²) in [5.41, 5.74) is 0.157. The van der Waals surface area contributed by atoms with Crippen LogP contribution in [0.3, 0.4) is 0 Å². The lowest BCUT2D eigenvalue weighted by Gasteiger charge is -2.28. The zero-order valence-corrected chi connectivity index (χ0v) is 16.1. The Bertz CT molecular complexity index is 753. The highest BCUT2D eigenvalue weighted by atomic mass is 79.9. The second-order valence-electron chi connectivity index (χ2n) is 6.49. The fourth-order valence-electron chi connectivity index (χ4n) is 4.42. The summed E-state index contributed by atoms with van der Waals surface area (Å²) >= 11 is 13.2. The molecule has 2 saturated carbocycles. The first-order valence-corrected chi connectivity index (χ1v) is 9.72. The van der Waals surface area contributed by atoms with E-state index in [0.717, 1.165) is 11.3 Å². The minimum Gasteiger partial charge on any atom is -0.478 e. The zero-order valence-electron chi connectivity index (χ0n) is 12.2. The third kappa shape index (κ3) is 2.07. The number of carboxylic acid groups (broad SMARTS) is 1. The molecule has 2 amide bonds. The van der Waals surface area contributed by atoms with Crippen molar-refractivity contribution < 1.29 is 19.5 Å². The molecule has 3 aliphatic rings. The quantitative estimate of drug-likeness (QED) is 0.524. The van der Waals surface area contributed by atoms with Crippen molar-refractivity contribution in [2.45, 2.75) is 16.1 Å². The van der Waals surface area contributed by atoms with Crippen molar-refractivity contribution >= 4 is 66.9 Å². The number of halogens is 3. The molecule has 1 saturated heterocycles. The maximum atomic E-state index is 12.9. The first-order chi connectivity index (χ1) is 11.3. The Morgan fingerprint density at radius 3 is 2.17 bits per heavy atom. The molecule has 2 aliphatic carbocycles. The number of amides is 2. The molecule has 1 aromatic carbocycles. The SMILES string of the molecule is O=C(O)c1cc(N2C(=O)[C@H]3[C@@H]4C[C@@H]([C@@H](Br)[C@@H]4Br)[C@@H]3C2=O)ccc1Cl. The van der Waals surface area contributed by atoms with Crippen LogP contribution in [0.4, 0.5) is 5.69 Å². The van der Waals surface area contributed by atoms with Gasteiger partial charge in [0.2, 0.25) is 11.8 Å². The van der Waals surface area contributed by atoms with Crippen molar-refractivity contribution in [1.29, 1.82) is 0 Å². The molecule has 2 bridgehead atoms. The Kier molecular flexibility index (Phi) is 3.82. The van der Waals surface area contributed by atoms with E-state index in [1.165, 1.54) is 18.2 Å². The summed E-state index contributed by atoms with van der Waals surface area (Å²) in [4.78, 5) is 38.5. The van der Waals surface area contributed by atoms with Crippen molar-refractivity contribution in [1.82, 2.24) is 0 Å². The van der Waals surface area contributed by atoms with Crippen LogP contribution >= 0.6 is 43.5 Å². The van der Waals surface area contributed by atoms with Gasteiger partial charge in [0.25, 0.3) is 0 Å². The number of carboxylic acids is 1. The van der Waals surface area contributed by atoms with E-state index in [4.69, 9.17) is 11.6 Å². The van der Waals surface area contributed by atoms with Crippen molar-refractivity contribution in [2.75, 3.05) is 4.90 Å². The smallest absolute Gasteiger partial charge is 0.337 e. The largest absolute Gasteiger partial charge is 0.478 e. The maximum Gasteiger partial charge on any atom is 0.337 e. The van der Waals surface area contributed by atoms with Crippen LogP contribution in [0.25, 0.3) is 0 Å². The normalized spacial score (nSPS) is 37.2. The highest BCUT2D eigenvalue weighted by molar-refractivity contribution is 9.12. The molecule has 1 aliphatic heterocycles. The number of carbonyl (C=O) groups excluding carboxylic acids is 2. The Hall–Kier alpha value is -0.920. The molecule has 1 N–H and O–H groups in total. The molecule has 0 unspecified atom stereocenters. The second kappa shape index (κ2) is 5.54. The number of benzene rings is 1. The van der Waals surface area contributed by atoms with Crippen LogP contribution in [0, 0.1) is 23.7 Å². The van der Waals surface area contributed by atoms with Gasteiger partial charge >= 0.3 is 5.97 Å². The molecule has 6 atom stereocenters. The number of hydrogen-bond acceptors (Lipinski definition) is 3. The van der Waals surface area contributed by atoms with Crippen LogP contribution in [-0.2, 0) is 9.59 Å². The third-order valence-electron chi connectivity index (χ3n) is 5.43. The van der Waals surface area contributed by atoms with Crippen LogP contribution in [-0.4, -0.2) is 32.5 Å². The van der Waals surface area contributed by atoms with Crippen LogP contribution in [0.5, 0.6) is 0 Å². The zero-order chi connectivity index (χ0) is 17.3. The van der Waals surface area contributed by atoms with Crippen molar-refractivity contribution in [2.24, 2.45) is 23.7 Å². The summed E-state index contributed by atoms with van der Waals surface area (Å²) in [6.07, 6.45) is 0.855. The molecule has 0 aromatic heterocycles. The van der Waals surface area contributed by atoms with E-state index in [0.29, 0.717) is 0 Å². The number of nitrogens with zero attached hydrogens (tertiary/aromatic N) is 1. The van der Waals surface area contributed by atoms with Gasteiger partial charge in [0.1, 0.15) is 0 Å². The maximum absolute atomic E-state index is 12.9. The topological polar surface area (TPSA) is 74.7 Å². The van der Waals surface area contributed by atoms with Gasteiger partial charge in [0.15, 0.2) is 0 Å². The lowest BCUT2D eigenvalue weighted by molar-refractivity contribution is -0.123. The van der Waals surface area contributed by atoms with Crippen LogP contribution in [0.2, 0.25) is 5.02 Å². The third-order valence-corrected chi connectivity index (χ3v) is 8.96. The molecule has 24 heavy (non-hydrogen) atoms. The van der Waals surface area contributed by atoms with Crippen molar-refractivity contribution in [3.05, 3.63) is 28.8 Å². The molecule has 0 radical (unpaired) electrons. The summed E-state index contributed by atoms with van der Waals surface area (Å²) in [5, 5.41) is 9.28. The van der Waals surface area contributed by atoms with Gasteiger partial charge in [-0.1, -0.05) is 43.5 Å². The van der Waals surface area contributed by atoms with Gasteiger partial charge < -0.3 is 5.11 Å². The molecule has 1 aromatic rings. The Morgan fingerprint density at radius 1 is 1.12 bits per heavy atom. The number of imide groups is 1. The second-order valence-corrected chi connectivity index (χ2v) is 9.01. The van der Waals surface area contributed by atoms with E-state index < -0.39 is 5.97 Å². The first-order valence-electron chi connectivity index (χ1n) is 7.51. The van der Waals surface area contributed by atoms with E-state index in [1.54, 1.807) is 0 Å². The molecule has 0 spiro atoms. The summed E-state index contributed by atoms with van der Waals surface area (Å²) in [5.74, 6) is -2.08. The fraction of sp³-hybridized carbons (Fsp3) is 0.438. The average molecular weight is 478 g/mol. The highest BCUT2D eigenvalue weighted by Crippen LogP contribution is 2.60. The minimum atomic E-state index is -1.19. The lowest BCUT2D eigenvalue weighted by atomic mass is 9.81. The van der Waals surface area contributed by atoms with E-state index in [1.807, 2.05) is 0 Å². The summed E-state index contributed by atoms with van der Waals surface area (Å²) in [6.45, 7) is 0. The summed E-state index contributed by atoms with van der Waals surface area (Å²) in [6, 6.07) is 4.22. The Morgan fingerprint density at radius 2 is 1.67 bits per heavy atom.